The summed E-state index contributed by atoms with van der Waals surface area (Å²) in [5.74, 6) is 0. The van der Waals surface area contributed by atoms with Gasteiger partial charge in [0.1, 0.15) is 0 Å². The number of benzene rings is 1. The first kappa shape index (κ1) is 11.0. The molecule has 0 atom stereocenters. The zero-order chi connectivity index (χ0) is 11.9. The molecule has 16 heavy (non-hydrogen) atoms. The topological polar surface area (TPSA) is 32.9 Å². The highest BCUT2D eigenvalue weighted by Gasteiger charge is 2.30. The smallest absolute Gasteiger partial charge is 0.327 e. The van der Waals surface area contributed by atoms with E-state index in [4.69, 9.17) is 11.6 Å². The fourth-order valence-corrected chi connectivity index (χ4v) is 1.61. The van der Waals surface area contributed by atoms with Crippen LogP contribution in [0.1, 0.15) is 5.56 Å². The highest BCUT2D eigenvalue weighted by Crippen LogP contribution is 2.32. The van der Waals surface area contributed by atoms with E-state index in [1.165, 1.54) is 6.20 Å². The molecule has 0 unspecified atom stereocenters. The summed E-state index contributed by atoms with van der Waals surface area (Å²) in [5.41, 5.74) is -1.29. The molecular formula is C10H5ClF3NO. The number of nitrogens with one attached hydrogen (secondary N) is 1. The van der Waals surface area contributed by atoms with Gasteiger partial charge in [0.05, 0.1) is 10.6 Å². The number of hydrogen-bond acceptors (Lipinski definition) is 1. The molecule has 2 rings (SSSR count). The fraction of sp³-hybridized carbons (Fsp3) is 0.100. The van der Waals surface area contributed by atoms with Gasteiger partial charge < -0.3 is 4.98 Å². The zero-order valence-electron chi connectivity index (χ0n) is 7.73. The van der Waals surface area contributed by atoms with Gasteiger partial charge in [-0.25, -0.2) is 0 Å². The second-order valence-corrected chi connectivity index (χ2v) is 3.63. The molecule has 6 heteroatoms. The van der Waals surface area contributed by atoms with Gasteiger partial charge in [-0.3, -0.25) is 4.79 Å². The van der Waals surface area contributed by atoms with Crippen LogP contribution in [0, 0.1) is 0 Å². The van der Waals surface area contributed by atoms with E-state index >= 15 is 0 Å². The number of aromatic nitrogens is 1. The summed E-state index contributed by atoms with van der Waals surface area (Å²) < 4.78 is 37.3. The summed E-state index contributed by atoms with van der Waals surface area (Å²) in [4.78, 5) is 13.6. The van der Waals surface area contributed by atoms with Crippen LogP contribution in [0.5, 0.6) is 0 Å². The molecular weight excluding hydrogens is 243 g/mol. The molecule has 0 bridgehead atoms. The van der Waals surface area contributed by atoms with Gasteiger partial charge in [0.2, 0.25) is 0 Å². The SMILES string of the molecule is O=c1[nH]cc(Cl)c2cc(C(F)(F)F)ccc12. The van der Waals surface area contributed by atoms with Crippen molar-refractivity contribution in [2.45, 2.75) is 6.18 Å². The third kappa shape index (κ3) is 1.78. The van der Waals surface area contributed by atoms with E-state index in [0.29, 0.717) is 0 Å². The van der Waals surface area contributed by atoms with Crippen LogP contribution in [0.15, 0.2) is 29.2 Å². The Kier molecular flexibility index (Phi) is 2.42. The number of fused-ring (bicyclic) bond motifs is 1. The summed E-state index contributed by atoms with van der Waals surface area (Å²) in [5, 5.41) is 0.321. The minimum atomic E-state index is -4.44. The Balaban J connectivity index is 2.81. The summed E-state index contributed by atoms with van der Waals surface area (Å²) in [7, 11) is 0. The van der Waals surface area contributed by atoms with Gasteiger partial charge in [0, 0.05) is 17.0 Å². The molecule has 2 aromatic rings. The van der Waals surface area contributed by atoms with Gasteiger partial charge in [-0.1, -0.05) is 11.6 Å². The Labute approximate surface area is 92.7 Å². The Bertz CT molecular complexity index is 603. The van der Waals surface area contributed by atoms with Crippen molar-refractivity contribution in [3.8, 4) is 0 Å². The number of halogens is 4. The number of H-pyrrole nitrogens is 1. The van der Waals surface area contributed by atoms with E-state index < -0.39 is 17.3 Å². The maximum Gasteiger partial charge on any atom is 0.416 e. The quantitative estimate of drug-likeness (QED) is 0.762. The molecule has 1 N–H and O–H groups in total. The highest BCUT2D eigenvalue weighted by atomic mass is 35.5. The Hall–Kier alpha value is -1.49. The normalized spacial score (nSPS) is 12.0. The van der Waals surface area contributed by atoms with Crippen LogP contribution in [0.25, 0.3) is 10.8 Å². The minimum Gasteiger partial charge on any atom is -0.327 e. The molecule has 1 aromatic carbocycles. The number of rotatable bonds is 0. The second kappa shape index (κ2) is 3.52. The molecule has 0 saturated heterocycles. The number of aromatic amines is 1. The number of hydrogen-bond donors (Lipinski definition) is 1. The van der Waals surface area contributed by atoms with Gasteiger partial charge in [0.15, 0.2) is 0 Å². The maximum atomic E-state index is 12.4. The highest BCUT2D eigenvalue weighted by molar-refractivity contribution is 6.35. The molecule has 0 aliphatic rings. The van der Waals surface area contributed by atoms with E-state index in [2.05, 4.69) is 4.98 Å². The third-order valence-electron chi connectivity index (χ3n) is 2.18. The maximum absolute atomic E-state index is 12.4. The van der Waals surface area contributed by atoms with Crippen LogP contribution < -0.4 is 5.56 Å². The van der Waals surface area contributed by atoms with Crippen molar-refractivity contribution in [2.24, 2.45) is 0 Å². The first-order valence-electron chi connectivity index (χ1n) is 4.28. The minimum absolute atomic E-state index is 0.0840. The Morgan fingerprint density at radius 3 is 2.50 bits per heavy atom. The lowest BCUT2D eigenvalue weighted by Gasteiger charge is -2.07. The molecule has 1 aromatic heterocycles. The van der Waals surface area contributed by atoms with Crippen LogP contribution in [0.4, 0.5) is 13.2 Å². The van der Waals surface area contributed by atoms with Crippen molar-refractivity contribution < 1.29 is 13.2 Å². The van der Waals surface area contributed by atoms with Crippen molar-refractivity contribution >= 4 is 22.4 Å². The van der Waals surface area contributed by atoms with Crippen molar-refractivity contribution in [3.63, 3.8) is 0 Å². The Morgan fingerprint density at radius 1 is 1.19 bits per heavy atom. The van der Waals surface area contributed by atoms with Crippen molar-refractivity contribution in [1.29, 1.82) is 0 Å². The van der Waals surface area contributed by atoms with E-state index in [9.17, 15) is 18.0 Å². The monoisotopic (exact) mass is 247 g/mol. The van der Waals surface area contributed by atoms with Crippen LogP contribution >= 0.6 is 11.6 Å². The van der Waals surface area contributed by atoms with Crippen LogP contribution in [-0.2, 0) is 6.18 Å². The van der Waals surface area contributed by atoms with E-state index in [0.717, 1.165) is 18.2 Å². The molecule has 0 fully saturated rings. The van der Waals surface area contributed by atoms with E-state index in [1.807, 2.05) is 0 Å². The molecule has 0 saturated carbocycles. The predicted molar refractivity (Wildman–Crippen MR) is 54.6 cm³/mol. The lowest BCUT2D eigenvalue weighted by atomic mass is 10.1. The van der Waals surface area contributed by atoms with Crippen LogP contribution in [-0.4, -0.2) is 4.98 Å². The lowest BCUT2D eigenvalue weighted by molar-refractivity contribution is -0.137. The summed E-state index contributed by atoms with van der Waals surface area (Å²) in [6.45, 7) is 0. The molecule has 0 aliphatic heterocycles. The van der Waals surface area contributed by atoms with Gasteiger partial charge in [-0.15, -0.1) is 0 Å². The molecule has 0 spiro atoms. The second-order valence-electron chi connectivity index (χ2n) is 3.22. The van der Waals surface area contributed by atoms with Crippen molar-refractivity contribution in [1.82, 2.24) is 4.98 Å². The fourth-order valence-electron chi connectivity index (χ4n) is 1.40. The van der Waals surface area contributed by atoms with Gasteiger partial charge in [-0.2, -0.15) is 13.2 Å². The lowest BCUT2D eigenvalue weighted by Crippen LogP contribution is -2.08. The Morgan fingerprint density at radius 2 is 1.88 bits per heavy atom. The molecule has 0 radical (unpaired) electrons. The van der Waals surface area contributed by atoms with Gasteiger partial charge in [-0.05, 0) is 18.2 Å². The molecule has 84 valence electrons. The van der Waals surface area contributed by atoms with Crippen LogP contribution in [0.3, 0.4) is 0 Å². The van der Waals surface area contributed by atoms with E-state index in [1.54, 1.807) is 0 Å². The number of alkyl halides is 3. The first-order chi connectivity index (χ1) is 7.39. The molecule has 1 heterocycles. The van der Waals surface area contributed by atoms with Crippen molar-refractivity contribution in [2.75, 3.05) is 0 Å². The van der Waals surface area contributed by atoms with Gasteiger partial charge >= 0.3 is 6.18 Å². The summed E-state index contributed by atoms with van der Waals surface area (Å²) in [6, 6.07) is 2.84. The molecule has 0 aliphatic carbocycles. The van der Waals surface area contributed by atoms with Gasteiger partial charge in [0.25, 0.3) is 5.56 Å². The molecule has 0 amide bonds. The molecule has 2 nitrogen and oxygen atoms in total. The largest absolute Gasteiger partial charge is 0.416 e. The average molecular weight is 248 g/mol. The first-order valence-corrected chi connectivity index (χ1v) is 4.65. The van der Waals surface area contributed by atoms with Crippen molar-refractivity contribution in [3.05, 3.63) is 45.3 Å². The van der Waals surface area contributed by atoms with Crippen LogP contribution in [0.2, 0.25) is 5.02 Å². The van der Waals surface area contributed by atoms with E-state index in [-0.39, 0.29) is 15.8 Å². The predicted octanol–water partition coefficient (Wildman–Crippen LogP) is 3.20. The number of pyridine rings is 1. The zero-order valence-corrected chi connectivity index (χ0v) is 8.49. The summed E-state index contributed by atoms with van der Waals surface area (Å²) in [6.07, 6.45) is -3.27. The standard InChI is InChI=1S/C10H5ClF3NO/c11-8-4-15-9(16)6-2-1-5(3-7(6)8)10(12,13)14/h1-4H,(H,15,16). The summed E-state index contributed by atoms with van der Waals surface area (Å²) >= 11 is 5.71. The average Bonchev–Trinajstić information content (AvgIpc) is 2.22. The third-order valence-corrected chi connectivity index (χ3v) is 2.49.